The fourth-order valence-corrected chi connectivity index (χ4v) is 4.38. The van der Waals surface area contributed by atoms with E-state index in [2.05, 4.69) is 68.0 Å². The molecule has 0 fully saturated rings. The van der Waals surface area contributed by atoms with Gasteiger partial charge in [-0.2, -0.15) is 9.61 Å². The third-order valence-electron chi connectivity index (χ3n) is 5.14. The van der Waals surface area contributed by atoms with E-state index in [0.29, 0.717) is 5.82 Å². The van der Waals surface area contributed by atoms with Gasteiger partial charge in [-0.25, -0.2) is 0 Å². The maximum absolute atomic E-state index is 5.53. The molecule has 3 aromatic heterocycles. The number of para-hydroxylation sites is 1. The van der Waals surface area contributed by atoms with E-state index in [4.69, 9.17) is 9.84 Å². The number of thiophene rings is 1. The lowest BCUT2D eigenvalue weighted by molar-refractivity contribution is 0.416. The maximum Gasteiger partial charge on any atom is 0.189 e. The predicted molar refractivity (Wildman–Crippen MR) is 124 cm³/mol. The first-order valence-corrected chi connectivity index (χ1v) is 10.9. The lowest BCUT2D eigenvalue weighted by Gasteiger charge is -2.15. The SMILES string of the molecule is CCN(C)c1ccc(C=c2c(C(C)(C)C)nn3c(-c4ccccc4OC)nnc23)s1. The van der Waals surface area contributed by atoms with Crippen LogP contribution in [0, 0.1) is 0 Å². The molecule has 0 saturated carbocycles. The highest BCUT2D eigenvalue weighted by Crippen LogP contribution is 2.30. The van der Waals surface area contributed by atoms with Gasteiger partial charge in [0.05, 0.1) is 23.4 Å². The van der Waals surface area contributed by atoms with Crippen LogP contribution in [0.4, 0.5) is 5.00 Å². The molecule has 0 atom stereocenters. The van der Waals surface area contributed by atoms with Gasteiger partial charge < -0.3 is 9.64 Å². The van der Waals surface area contributed by atoms with Crippen molar-refractivity contribution in [2.24, 2.45) is 0 Å². The monoisotopic (exact) mass is 421 g/mol. The fourth-order valence-electron chi connectivity index (χ4n) is 3.41. The Bertz CT molecular complexity index is 1230. The number of nitrogens with zero attached hydrogens (tertiary/aromatic N) is 5. The summed E-state index contributed by atoms with van der Waals surface area (Å²) in [6.45, 7) is 9.65. The first kappa shape index (κ1) is 20.3. The lowest BCUT2D eigenvalue weighted by atomic mass is 9.91. The van der Waals surface area contributed by atoms with Crippen LogP contribution in [-0.2, 0) is 5.41 Å². The van der Waals surface area contributed by atoms with Crippen LogP contribution in [0.15, 0.2) is 36.4 Å². The van der Waals surface area contributed by atoms with Gasteiger partial charge in [-0.3, -0.25) is 0 Å². The van der Waals surface area contributed by atoms with Crippen LogP contribution < -0.4 is 14.9 Å². The van der Waals surface area contributed by atoms with Crippen molar-refractivity contribution in [1.29, 1.82) is 0 Å². The van der Waals surface area contributed by atoms with Gasteiger partial charge in [0.1, 0.15) is 5.75 Å². The molecule has 6 nitrogen and oxygen atoms in total. The quantitative estimate of drug-likeness (QED) is 0.484. The van der Waals surface area contributed by atoms with E-state index in [1.165, 1.54) is 9.88 Å². The minimum absolute atomic E-state index is 0.134. The van der Waals surface area contributed by atoms with Crippen molar-refractivity contribution in [2.45, 2.75) is 33.1 Å². The summed E-state index contributed by atoms with van der Waals surface area (Å²) in [6.07, 6.45) is 2.18. The van der Waals surface area contributed by atoms with Crippen molar-refractivity contribution in [3.8, 4) is 17.1 Å². The number of rotatable bonds is 5. The van der Waals surface area contributed by atoms with Crippen molar-refractivity contribution < 1.29 is 4.74 Å². The van der Waals surface area contributed by atoms with Crippen LogP contribution in [0.25, 0.3) is 23.1 Å². The summed E-state index contributed by atoms with van der Waals surface area (Å²) in [7, 11) is 3.77. The van der Waals surface area contributed by atoms with Crippen LogP contribution >= 0.6 is 11.3 Å². The summed E-state index contributed by atoms with van der Waals surface area (Å²) >= 11 is 1.77. The molecule has 4 aromatic rings. The van der Waals surface area contributed by atoms with E-state index < -0.39 is 0 Å². The summed E-state index contributed by atoms with van der Waals surface area (Å²) in [5.74, 6) is 1.44. The molecule has 7 heteroatoms. The largest absolute Gasteiger partial charge is 0.496 e. The van der Waals surface area contributed by atoms with Gasteiger partial charge in [0.15, 0.2) is 11.5 Å². The molecular weight excluding hydrogens is 394 g/mol. The Balaban J connectivity index is 1.93. The molecule has 0 spiro atoms. The Morgan fingerprint density at radius 2 is 1.90 bits per heavy atom. The third-order valence-corrected chi connectivity index (χ3v) is 6.29. The zero-order valence-electron chi connectivity index (χ0n) is 18.3. The van der Waals surface area contributed by atoms with E-state index >= 15 is 0 Å². The van der Waals surface area contributed by atoms with Gasteiger partial charge in [0.25, 0.3) is 0 Å². The topological polar surface area (TPSA) is 55.6 Å². The average Bonchev–Trinajstić information content (AvgIpc) is 3.43. The standard InChI is InChI=1S/C23H27N5OS/c1-7-27(5)19-13-12-15(30-19)14-17-20(23(2,3)4)26-28-21(24-25-22(17)28)16-10-8-9-11-18(16)29-6/h8-14H,7H2,1-6H3. The predicted octanol–water partition coefficient (Wildman–Crippen LogP) is 4.16. The molecule has 0 bridgehead atoms. The Labute approximate surface area is 180 Å². The van der Waals surface area contributed by atoms with Crippen LogP contribution in [0.2, 0.25) is 0 Å². The van der Waals surface area contributed by atoms with Crippen molar-refractivity contribution >= 4 is 28.1 Å². The smallest absolute Gasteiger partial charge is 0.189 e. The minimum Gasteiger partial charge on any atom is -0.496 e. The van der Waals surface area contributed by atoms with Crippen molar-refractivity contribution in [3.63, 3.8) is 0 Å². The van der Waals surface area contributed by atoms with Gasteiger partial charge in [0.2, 0.25) is 0 Å². The average molecular weight is 422 g/mol. The first-order valence-electron chi connectivity index (χ1n) is 10.0. The van der Waals surface area contributed by atoms with E-state index in [1.54, 1.807) is 18.4 Å². The van der Waals surface area contributed by atoms with Crippen molar-refractivity contribution in [1.82, 2.24) is 19.8 Å². The second-order valence-electron chi connectivity index (χ2n) is 8.31. The van der Waals surface area contributed by atoms with Crippen LogP contribution in [0.5, 0.6) is 5.75 Å². The molecule has 3 heterocycles. The highest BCUT2D eigenvalue weighted by molar-refractivity contribution is 7.16. The maximum atomic E-state index is 5.53. The Hall–Kier alpha value is -2.93. The van der Waals surface area contributed by atoms with Gasteiger partial charge in [-0.15, -0.1) is 21.5 Å². The zero-order chi connectivity index (χ0) is 21.5. The number of fused-ring (bicyclic) bond motifs is 1. The summed E-state index contributed by atoms with van der Waals surface area (Å²) in [5, 5.41) is 16.2. The second kappa shape index (κ2) is 7.72. The molecular formula is C23H27N5OS. The van der Waals surface area contributed by atoms with Crippen LogP contribution in [0.3, 0.4) is 0 Å². The summed E-state index contributed by atoms with van der Waals surface area (Å²) in [5.41, 5.74) is 2.51. The van der Waals surface area contributed by atoms with Crippen molar-refractivity contribution in [3.05, 3.63) is 52.2 Å². The Kier molecular flexibility index (Phi) is 5.24. The highest BCUT2D eigenvalue weighted by Gasteiger charge is 2.25. The van der Waals surface area contributed by atoms with E-state index in [9.17, 15) is 0 Å². The van der Waals surface area contributed by atoms with Crippen LogP contribution in [0.1, 0.15) is 38.3 Å². The fraction of sp³-hybridized carbons (Fsp3) is 0.348. The number of ether oxygens (including phenoxy) is 1. The second-order valence-corrected chi connectivity index (χ2v) is 9.40. The number of aromatic nitrogens is 4. The van der Waals surface area contributed by atoms with E-state index in [0.717, 1.165) is 34.4 Å². The molecule has 0 saturated heterocycles. The molecule has 0 N–H and O–H groups in total. The number of hydrogen-bond donors (Lipinski definition) is 0. The number of anilines is 1. The molecule has 0 unspecified atom stereocenters. The summed E-state index contributed by atoms with van der Waals surface area (Å²) < 4.78 is 7.38. The van der Waals surface area contributed by atoms with Gasteiger partial charge in [0, 0.05) is 29.1 Å². The molecule has 0 aliphatic rings. The van der Waals surface area contributed by atoms with E-state index in [-0.39, 0.29) is 5.41 Å². The molecule has 1 aromatic carbocycles. The van der Waals surface area contributed by atoms with Gasteiger partial charge in [-0.05, 0) is 37.3 Å². The normalized spacial score (nSPS) is 12.7. The van der Waals surface area contributed by atoms with E-state index in [1.807, 2.05) is 28.8 Å². The number of methoxy groups -OCH3 is 1. The van der Waals surface area contributed by atoms with Crippen LogP contribution in [-0.4, -0.2) is 40.5 Å². The molecule has 0 aliphatic heterocycles. The molecule has 30 heavy (non-hydrogen) atoms. The Morgan fingerprint density at radius 1 is 1.13 bits per heavy atom. The Morgan fingerprint density at radius 3 is 2.60 bits per heavy atom. The molecule has 0 aliphatic carbocycles. The van der Waals surface area contributed by atoms with Crippen molar-refractivity contribution in [2.75, 3.05) is 25.6 Å². The van der Waals surface area contributed by atoms with Gasteiger partial charge >= 0.3 is 0 Å². The molecule has 4 rings (SSSR count). The van der Waals surface area contributed by atoms with Gasteiger partial charge in [-0.1, -0.05) is 32.9 Å². The zero-order valence-corrected chi connectivity index (χ0v) is 19.1. The summed E-state index contributed by atoms with van der Waals surface area (Å²) in [4.78, 5) is 3.41. The number of hydrogen-bond acceptors (Lipinski definition) is 6. The first-order chi connectivity index (χ1) is 14.3. The number of benzene rings is 1. The molecule has 156 valence electrons. The summed E-state index contributed by atoms with van der Waals surface area (Å²) in [6, 6.07) is 12.1. The highest BCUT2D eigenvalue weighted by atomic mass is 32.1. The third kappa shape index (κ3) is 3.54. The molecule has 0 amide bonds. The minimum atomic E-state index is -0.134. The molecule has 0 radical (unpaired) electrons. The lowest BCUT2D eigenvalue weighted by Crippen LogP contribution is -2.22.